The van der Waals surface area contributed by atoms with Gasteiger partial charge >= 0.3 is 0 Å². The molecule has 3 nitrogen and oxygen atoms in total. The molecule has 0 aromatic heterocycles. The fourth-order valence-electron chi connectivity index (χ4n) is 0.810. The summed E-state index contributed by atoms with van der Waals surface area (Å²) in [4.78, 5) is 3.79. The van der Waals surface area contributed by atoms with Crippen LogP contribution in [0.2, 0.25) is 0 Å². The first-order valence-corrected chi connectivity index (χ1v) is 4.37. The van der Waals surface area contributed by atoms with E-state index in [0.717, 1.165) is 32.2 Å². The van der Waals surface area contributed by atoms with E-state index in [4.69, 9.17) is 5.26 Å². The number of hydrogen-bond donors (Lipinski definition) is 0. The molecular weight excluding hydrogens is 172 g/mol. The molecule has 0 spiro atoms. The number of unbranched alkanes of at least 4 members (excludes halogenated alkanes) is 3. The minimum absolute atomic E-state index is 0.535. The monoisotopic (exact) mass is 184 g/mol. The summed E-state index contributed by atoms with van der Waals surface area (Å²) in [6.07, 6.45) is 5.80. The summed E-state index contributed by atoms with van der Waals surface area (Å²) >= 11 is 4.41. The Morgan fingerprint density at radius 1 is 1.25 bits per heavy atom. The summed E-state index contributed by atoms with van der Waals surface area (Å²) in [5.74, 6) is 0. The number of aliphatic imine (C=N–C) groups is 1. The van der Waals surface area contributed by atoms with E-state index in [1.165, 1.54) is 0 Å². The Bertz CT molecular complexity index is 182. The number of ether oxygens (including phenoxy) is 1. The Labute approximate surface area is 78.1 Å². The number of nitriles is 1. The van der Waals surface area contributed by atoms with E-state index in [1.807, 2.05) is 0 Å². The van der Waals surface area contributed by atoms with Crippen LogP contribution in [-0.2, 0) is 4.74 Å². The van der Waals surface area contributed by atoms with E-state index < -0.39 is 0 Å². The lowest BCUT2D eigenvalue weighted by atomic mass is 10.2. The van der Waals surface area contributed by atoms with Crippen molar-refractivity contribution in [1.29, 1.82) is 5.26 Å². The van der Waals surface area contributed by atoms with Crippen LogP contribution >= 0.6 is 12.2 Å². The predicted molar refractivity (Wildman–Crippen MR) is 49.9 cm³/mol. The van der Waals surface area contributed by atoms with Gasteiger partial charge in [-0.05, 0) is 31.5 Å². The summed E-state index contributed by atoms with van der Waals surface area (Å²) in [6, 6.07) is 0. The largest absolute Gasteiger partial charge is 0.428 e. The van der Waals surface area contributed by atoms with Gasteiger partial charge in [0.25, 0.3) is 6.26 Å². The molecule has 0 saturated carbocycles. The highest BCUT2D eigenvalue weighted by atomic mass is 32.1. The zero-order chi connectivity index (χ0) is 9.07. The van der Waals surface area contributed by atoms with Crippen LogP contribution in [0.5, 0.6) is 0 Å². The zero-order valence-electron chi connectivity index (χ0n) is 6.95. The number of nitrogens with zero attached hydrogens (tertiary/aromatic N) is 2. The van der Waals surface area contributed by atoms with Gasteiger partial charge in [0.2, 0.25) is 0 Å². The first-order chi connectivity index (χ1) is 5.91. The minimum atomic E-state index is 0.535. The van der Waals surface area contributed by atoms with Crippen molar-refractivity contribution in [3.8, 4) is 6.26 Å². The van der Waals surface area contributed by atoms with Gasteiger partial charge in [-0.15, -0.1) is 0 Å². The third kappa shape index (κ3) is 9.09. The smallest absolute Gasteiger partial charge is 0.286 e. The van der Waals surface area contributed by atoms with Crippen molar-refractivity contribution in [2.45, 2.75) is 25.7 Å². The lowest BCUT2D eigenvalue weighted by Gasteiger charge is -1.96. The molecule has 0 aliphatic heterocycles. The predicted octanol–water partition coefficient (Wildman–Crippen LogP) is 2.15. The van der Waals surface area contributed by atoms with Crippen LogP contribution in [0.15, 0.2) is 4.99 Å². The Balaban J connectivity index is 2.91. The fraction of sp³-hybridized carbons (Fsp3) is 0.750. The zero-order valence-corrected chi connectivity index (χ0v) is 7.77. The van der Waals surface area contributed by atoms with Crippen molar-refractivity contribution in [2.75, 3.05) is 13.2 Å². The molecule has 0 unspecified atom stereocenters. The van der Waals surface area contributed by atoms with Gasteiger partial charge in [-0.3, -0.25) is 0 Å². The third-order valence-corrected chi connectivity index (χ3v) is 1.52. The fourth-order valence-corrected chi connectivity index (χ4v) is 0.901. The second-order valence-electron chi connectivity index (χ2n) is 2.33. The van der Waals surface area contributed by atoms with Crippen LogP contribution < -0.4 is 0 Å². The lowest BCUT2D eigenvalue weighted by Crippen LogP contribution is -1.88. The van der Waals surface area contributed by atoms with Gasteiger partial charge in [0.05, 0.1) is 5.16 Å². The average molecular weight is 184 g/mol. The average Bonchev–Trinajstić information content (AvgIpc) is 2.10. The molecule has 0 aliphatic carbocycles. The highest BCUT2D eigenvalue weighted by Gasteiger charge is 1.89. The molecular formula is C8H12N2OS. The number of thiocarbonyl (C=S) groups is 1. The van der Waals surface area contributed by atoms with Crippen LogP contribution in [0.3, 0.4) is 0 Å². The summed E-state index contributed by atoms with van der Waals surface area (Å²) in [6.45, 7) is 1.30. The molecule has 0 aromatic rings. The van der Waals surface area contributed by atoms with Crippen LogP contribution in [-0.4, -0.2) is 18.3 Å². The highest BCUT2D eigenvalue weighted by molar-refractivity contribution is 7.78. The van der Waals surface area contributed by atoms with Gasteiger partial charge in [-0.1, -0.05) is 6.42 Å². The van der Waals surface area contributed by atoms with Gasteiger partial charge in [-0.2, -0.15) is 5.26 Å². The third-order valence-electron chi connectivity index (χ3n) is 1.40. The molecule has 0 radical (unpaired) electrons. The lowest BCUT2D eigenvalue weighted by molar-refractivity contribution is 0.260. The van der Waals surface area contributed by atoms with Gasteiger partial charge in [0.15, 0.2) is 0 Å². The highest BCUT2D eigenvalue weighted by Crippen LogP contribution is 1.99. The van der Waals surface area contributed by atoms with Crippen LogP contribution in [0, 0.1) is 11.5 Å². The Morgan fingerprint density at radius 3 is 2.67 bits per heavy atom. The maximum Gasteiger partial charge on any atom is 0.286 e. The second kappa shape index (κ2) is 10.1. The Hall–Kier alpha value is -0.910. The number of hydrogen-bond acceptors (Lipinski definition) is 4. The molecule has 0 bridgehead atoms. The summed E-state index contributed by atoms with van der Waals surface area (Å²) < 4.78 is 4.51. The topological polar surface area (TPSA) is 45.4 Å². The van der Waals surface area contributed by atoms with Crippen LogP contribution in [0.1, 0.15) is 25.7 Å². The van der Waals surface area contributed by atoms with Gasteiger partial charge in [0, 0.05) is 6.54 Å². The van der Waals surface area contributed by atoms with E-state index in [1.54, 1.807) is 6.26 Å². The summed E-state index contributed by atoms with van der Waals surface area (Å²) in [5, 5.41) is 10.4. The maximum absolute atomic E-state index is 8.03. The van der Waals surface area contributed by atoms with Crippen molar-refractivity contribution in [1.82, 2.24) is 0 Å². The second-order valence-corrected chi connectivity index (χ2v) is 2.51. The number of isothiocyanates is 1. The molecule has 0 amide bonds. The van der Waals surface area contributed by atoms with Crippen LogP contribution in [0.25, 0.3) is 0 Å². The molecule has 0 aromatic carbocycles. The molecule has 0 N–H and O–H groups in total. The van der Waals surface area contributed by atoms with Crippen LogP contribution in [0.4, 0.5) is 0 Å². The normalized spacial score (nSPS) is 8.25. The standard InChI is InChI=1S/C8H12N2OS/c9-7-11-6-4-2-1-3-5-10-8-12/h1-6H2. The molecule has 0 aliphatic rings. The van der Waals surface area contributed by atoms with Gasteiger partial charge < -0.3 is 4.74 Å². The van der Waals surface area contributed by atoms with Crippen molar-refractivity contribution < 1.29 is 4.74 Å². The van der Waals surface area contributed by atoms with E-state index >= 15 is 0 Å². The quantitative estimate of drug-likeness (QED) is 0.263. The first kappa shape index (κ1) is 11.1. The van der Waals surface area contributed by atoms with Gasteiger partial charge in [-0.25, -0.2) is 4.99 Å². The van der Waals surface area contributed by atoms with Crippen molar-refractivity contribution >= 4 is 17.4 Å². The van der Waals surface area contributed by atoms with E-state index in [0.29, 0.717) is 6.61 Å². The van der Waals surface area contributed by atoms with E-state index in [9.17, 15) is 0 Å². The number of rotatable bonds is 7. The molecule has 12 heavy (non-hydrogen) atoms. The van der Waals surface area contributed by atoms with E-state index in [-0.39, 0.29) is 0 Å². The van der Waals surface area contributed by atoms with E-state index in [2.05, 4.69) is 27.1 Å². The molecule has 0 saturated heterocycles. The van der Waals surface area contributed by atoms with Gasteiger partial charge in [0.1, 0.15) is 6.61 Å². The van der Waals surface area contributed by atoms with Crippen molar-refractivity contribution in [3.05, 3.63) is 0 Å². The molecule has 66 valence electrons. The first-order valence-electron chi connectivity index (χ1n) is 3.96. The summed E-state index contributed by atoms with van der Waals surface area (Å²) in [5.41, 5.74) is 0. The van der Waals surface area contributed by atoms with Crippen molar-refractivity contribution in [2.24, 2.45) is 4.99 Å². The molecule has 0 rings (SSSR count). The Morgan fingerprint density at radius 2 is 2.00 bits per heavy atom. The molecule has 0 atom stereocenters. The molecule has 0 fully saturated rings. The molecule has 4 heteroatoms. The summed E-state index contributed by atoms with van der Waals surface area (Å²) in [7, 11) is 0. The maximum atomic E-state index is 8.03. The Kier molecular flexibility index (Phi) is 9.32. The minimum Gasteiger partial charge on any atom is -0.428 e. The SMILES string of the molecule is N#COCCCCCCN=C=S. The molecule has 0 heterocycles. The van der Waals surface area contributed by atoms with Crippen molar-refractivity contribution in [3.63, 3.8) is 0 Å².